The van der Waals surface area contributed by atoms with Crippen LogP contribution in [0, 0.1) is 0 Å². The summed E-state index contributed by atoms with van der Waals surface area (Å²) in [6.07, 6.45) is 1.02. The summed E-state index contributed by atoms with van der Waals surface area (Å²) in [5.74, 6) is 1.13. The second-order valence-electron chi connectivity index (χ2n) is 7.75. The van der Waals surface area contributed by atoms with Gasteiger partial charge in [-0.05, 0) is 49.7 Å². The number of hydrogen-bond acceptors (Lipinski definition) is 4. The van der Waals surface area contributed by atoms with E-state index in [0.29, 0.717) is 24.7 Å². The molecule has 0 aliphatic carbocycles. The molecule has 160 valence electrons. The van der Waals surface area contributed by atoms with Gasteiger partial charge in [-0.15, -0.1) is 0 Å². The second kappa shape index (κ2) is 9.96. The number of nitrogens with zero attached hydrogens (tertiary/aromatic N) is 1. The minimum atomic E-state index is -0.870. The lowest BCUT2D eigenvalue weighted by atomic mass is 9.84. The van der Waals surface area contributed by atoms with Crippen LogP contribution in [0.4, 0.5) is 0 Å². The number of unbranched alkanes of at least 4 members (excludes halogenated alkanes) is 1. The fourth-order valence-corrected chi connectivity index (χ4v) is 4.26. The van der Waals surface area contributed by atoms with E-state index in [1.54, 1.807) is 0 Å². The Labute approximate surface area is 181 Å². The number of fused-ring (bicyclic) bond motifs is 5. The molecular weight excluding hydrogens is 406 g/mol. The number of halogens is 1. The number of likely N-dealkylation sites (N-methyl/N-ethyl adjacent to an activating group) is 1. The van der Waals surface area contributed by atoms with Gasteiger partial charge in [-0.25, -0.2) is 0 Å². The molecule has 1 fully saturated rings. The number of carbonyl (C=O) groups is 2. The predicted octanol–water partition coefficient (Wildman–Crippen LogP) is 4.97. The number of hydrogen-bond donors (Lipinski definition) is 2. The summed E-state index contributed by atoms with van der Waals surface area (Å²) in [6.45, 7) is 2.12. The summed E-state index contributed by atoms with van der Waals surface area (Å²) in [6, 6.07) is 14.4. The molecule has 4 rings (SSSR count). The number of rotatable bonds is 5. The first-order chi connectivity index (χ1) is 14.3. The van der Waals surface area contributed by atoms with Crippen LogP contribution in [0.1, 0.15) is 48.6 Å². The zero-order valence-corrected chi connectivity index (χ0v) is 17.6. The Morgan fingerprint density at radius 2 is 1.53 bits per heavy atom. The Kier molecular flexibility index (Phi) is 7.34. The van der Waals surface area contributed by atoms with E-state index in [4.69, 9.17) is 26.6 Å². The summed E-state index contributed by atoms with van der Waals surface area (Å²) >= 11 is 6.20. The standard InChI is InChI=1S/C17H16ClNO.C6H10O4/c1-19-9-14-12-4-2-3-5-16(12)20-17-7-6-11(18)8-13(17)15(14)10-19;7-5(8)3-1-2-4-6(9)10/h2-8,14-15H,9-10H2,1H3;1-4H2,(H,7,8)(H,9,10)/t14-,15-;/m0./s1. The molecule has 2 aliphatic heterocycles. The quantitative estimate of drug-likeness (QED) is 0.649. The minimum absolute atomic E-state index is 0.0628. The average Bonchev–Trinajstić information content (AvgIpc) is 3.03. The van der Waals surface area contributed by atoms with Gasteiger partial charge in [0, 0.05) is 48.4 Å². The normalized spacial score (nSPS) is 19.3. The number of para-hydroxylation sites is 1. The van der Waals surface area contributed by atoms with E-state index in [-0.39, 0.29) is 12.8 Å². The maximum absolute atomic E-state index is 9.90. The number of likely N-dealkylation sites (tertiary alicyclic amines) is 1. The van der Waals surface area contributed by atoms with Crippen molar-refractivity contribution in [2.45, 2.75) is 37.5 Å². The van der Waals surface area contributed by atoms with Crippen LogP contribution < -0.4 is 4.74 Å². The smallest absolute Gasteiger partial charge is 0.303 e. The van der Waals surface area contributed by atoms with Crippen molar-refractivity contribution >= 4 is 23.5 Å². The maximum atomic E-state index is 9.90. The van der Waals surface area contributed by atoms with E-state index in [2.05, 4.69) is 36.2 Å². The highest BCUT2D eigenvalue weighted by Crippen LogP contribution is 2.49. The zero-order valence-electron chi connectivity index (χ0n) is 16.9. The molecule has 0 radical (unpaired) electrons. The Balaban J connectivity index is 0.000000220. The van der Waals surface area contributed by atoms with Gasteiger partial charge in [0.25, 0.3) is 0 Å². The topological polar surface area (TPSA) is 87.1 Å². The van der Waals surface area contributed by atoms with Crippen LogP contribution in [-0.4, -0.2) is 47.2 Å². The molecule has 2 N–H and O–H groups in total. The number of carboxylic acid groups (broad SMARTS) is 2. The minimum Gasteiger partial charge on any atom is -0.481 e. The summed E-state index contributed by atoms with van der Waals surface area (Å²) in [5.41, 5.74) is 2.55. The molecule has 0 aromatic heterocycles. The molecule has 0 bridgehead atoms. The SMILES string of the molecule is CN1C[C@H]2c3ccccc3Oc3ccc(Cl)cc3[C@@H]2C1.O=C(O)CCCCC(=O)O. The first-order valence-corrected chi connectivity index (χ1v) is 10.4. The van der Waals surface area contributed by atoms with Crippen molar-refractivity contribution < 1.29 is 24.5 Å². The van der Waals surface area contributed by atoms with Gasteiger partial charge in [0.1, 0.15) is 11.5 Å². The summed E-state index contributed by atoms with van der Waals surface area (Å²) in [4.78, 5) is 22.2. The summed E-state index contributed by atoms with van der Waals surface area (Å²) in [7, 11) is 2.18. The molecule has 0 amide bonds. The van der Waals surface area contributed by atoms with E-state index in [1.165, 1.54) is 11.1 Å². The average molecular weight is 432 g/mol. The Morgan fingerprint density at radius 3 is 2.17 bits per heavy atom. The van der Waals surface area contributed by atoms with Gasteiger partial charge >= 0.3 is 11.9 Å². The highest BCUT2D eigenvalue weighted by molar-refractivity contribution is 6.30. The highest BCUT2D eigenvalue weighted by atomic mass is 35.5. The fraction of sp³-hybridized carbons (Fsp3) is 0.391. The molecule has 2 atom stereocenters. The van der Waals surface area contributed by atoms with Crippen molar-refractivity contribution in [3.8, 4) is 11.5 Å². The molecule has 0 unspecified atom stereocenters. The van der Waals surface area contributed by atoms with E-state index in [0.717, 1.165) is 29.6 Å². The zero-order chi connectivity index (χ0) is 21.7. The molecule has 30 heavy (non-hydrogen) atoms. The van der Waals surface area contributed by atoms with E-state index < -0.39 is 11.9 Å². The molecule has 0 spiro atoms. The molecule has 2 heterocycles. The van der Waals surface area contributed by atoms with Gasteiger partial charge in [-0.3, -0.25) is 9.59 Å². The predicted molar refractivity (Wildman–Crippen MR) is 115 cm³/mol. The lowest BCUT2D eigenvalue weighted by Gasteiger charge is -2.17. The Morgan fingerprint density at radius 1 is 0.967 bits per heavy atom. The van der Waals surface area contributed by atoms with Crippen molar-refractivity contribution in [3.63, 3.8) is 0 Å². The number of carboxylic acids is 2. The van der Waals surface area contributed by atoms with Crippen LogP contribution >= 0.6 is 11.6 Å². The first kappa shape index (κ1) is 22.1. The van der Waals surface area contributed by atoms with Crippen LogP contribution in [0.5, 0.6) is 11.5 Å². The lowest BCUT2D eigenvalue weighted by Crippen LogP contribution is -2.14. The second-order valence-corrected chi connectivity index (χ2v) is 8.19. The van der Waals surface area contributed by atoms with Crippen LogP contribution in [0.2, 0.25) is 5.02 Å². The summed E-state index contributed by atoms with van der Waals surface area (Å²) in [5, 5.41) is 17.0. The first-order valence-electron chi connectivity index (χ1n) is 10.0. The van der Waals surface area contributed by atoms with E-state index in [1.807, 2.05) is 18.2 Å². The van der Waals surface area contributed by atoms with Gasteiger partial charge in [0.2, 0.25) is 0 Å². The van der Waals surface area contributed by atoms with Gasteiger partial charge < -0.3 is 19.8 Å². The van der Waals surface area contributed by atoms with Crippen LogP contribution in [-0.2, 0) is 9.59 Å². The molecule has 2 aromatic carbocycles. The van der Waals surface area contributed by atoms with Crippen LogP contribution in [0.3, 0.4) is 0 Å². The third-order valence-electron chi connectivity index (χ3n) is 5.44. The number of benzene rings is 2. The number of aliphatic carboxylic acids is 2. The third kappa shape index (κ3) is 5.52. The maximum Gasteiger partial charge on any atom is 0.303 e. The van der Waals surface area contributed by atoms with Crippen molar-refractivity contribution in [1.82, 2.24) is 4.90 Å². The molecule has 2 aromatic rings. The number of ether oxygens (including phenoxy) is 1. The third-order valence-corrected chi connectivity index (χ3v) is 5.68. The van der Waals surface area contributed by atoms with Crippen molar-refractivity contribution in [2.24, 2.45) is 0 Å². The van der Waals surface area contributed by atoms with Gasteiger partial charge in [0.05, 0.1) is 0 Å². The van der Waals surface area contributed by atoms with Crippen molar-refractivity contribution in [3.05, 3.63) is 58.6 Å². The molecule has 1 saturated heterocycles. The largest absolute Gasteiger partial charge is 0.481 e. The molecule has 6 nitrogen and oxygen atoms in total. The van der Waals surface area contributed by atoms with Crippen molar-refractivity contribution in [2.75, 3.05) is 20.1 Å². The molecule has 2 aliphatic rings. The Bertz CT molecular complexity index is 900. The molecular formula is C23H26ClNO5. The Hall–Kier alpha value is -2.57. The molecule has 0 saturated carbocycles. The lowest BCUT2D eigenvalue weighted by molar-refractivity contribution is -0.139. The van der Waals surface area contributed by atoms with E-state index >= 15 is 0 Å². The van der Waals surface area contributed by atoms with Gasteiger partial charge in [-0.2, -0.15) is 0 Å². The van der Waals surface area contributed by atoms with Crippen LogP contribution in [0.25, 0.3) is 0 Å². The highest BCUT2D eigenvalue weighted by Gasteiger charge is 2.38. The van der Waals surface area contributed by atoms with Crippen molar-refractivity contribution in [1.29, 1.82) is 0 Å². The molecule has 7 heteroatoms. The van der Waals surface area contributed by atoms with E-state index in [9.17, 15) is 9.59 Å². The fourth-order valence-electron chi connectivity index (χ4n) is 4.08. The monoisotopic (exact) mass is 431 g/mol. The van der Waals surface area contributed by atoms with Gasteiger partial charge in [0.15, 0.2) is 0 Å². The van der Waals surface area contributed by atoms with Crippen LogP contribution in [0.15, 0.2) is 42.5 Å². The summed E-state index contributed by atoms with van der Waals surface area (Å²) < 4.78 is 6.15. The van der Waals surface area contributed by atoms with Gasteiger partial charge in [-0.1, -0.05) is 29.8 Å².